The van der Waals surface area contributed by atoms with Gasteiger partial charge < -0.3 is 14.6 Å². The van der Waals surface area contributed by atoms with Crippen LogP contribution in [0.15, 0.2) is 24.3 Å². The van der Waals surface area contributed by atoms with Crippen LogP contribution in [0.25, 0.3) is 0 Å². The third kappa shape index (κ3) is 4.71. The second-order valence-electron chi connectivity index (χ2n) is 6.41. The molecule has 1 saturated carbocycles. The Morgan fingerprint density at radius 1 is 1.22 bits per heavy atom. The second kappa shape index (κ2) is 8.34. The number of rotatable bonds is 7. The maximum atomic E-state index is 12.1. The van der Waals surface area contributed by atoms with E-state index in [1.54, 1.807) is 7.11 Å². The minimum Gasteiger partial charge on any atom is -0.497 e. The van der Waals surface area contributed by atoms with Crippen LogP contribution in [0.4, 0.5) is 0 Å². The molecule has 0 bridgehead atoms. The average Bonchev–Trinajstić information content (AvgIpc) is 2.59. The van der Waals surface area contributed by atoms with Crippen LogP contribution in [-0.2, 0) is 15.1 Å². The number of hydrogen-bond donors (Lipinski definition) is 1. The molecular weight excluding hydrogens is 292 g/mol. The highest BCUT2D eigenvalue weighted by Gasteiger charge is 2.37. The van der Waals surface area contributed by atoms with E-state index in [0.29, 0.717) is 32.3 Å². The average molecular weight is 320 g/mol. The Labute approximate surface area is 138 Å². The van der Waals surface area contributed by atoms with E-state index >= 15 is 0 Å². The fourth-order valence-electron chi connectivity index (χ4n) is 3.16. The molecule has 0 unspecified atom stereocenters. The number of unbranched alkanes of at least 4 members (excludes halogenated alkanes) is 2. The van der Waals surface area contributed by atoms with Crippen molar-refractivity contribution >= 4 is 5.97 Å². The molecule has 0 heterocycles. The van der Waals surface area contributed by atoms with Crippen LogP contribution >= 0.6 is 0 Å². The molecule has 4 heteroatoms. The molecule has 0 amide bonds. The van der Waals surface area contributed by atoms with Gasteiger partial charge in [0.05, 0.1) is 25.2 Å². The molecular formula is C19H28O4. The largest absolute Gasteiger partial charge is 0.497 e. The van der Waals surface area contributed by atoms with Gasteiger partial charge in [0.25, 0.3) is 0 Å². The first-order valence-electron chi connectivity index (χ1n) is 8.62. The standard InChI is InChI=1S/C19H28O4/c1-3-4-5-14-23-18(20)15-10-12-19(21,13-11-15)16-6-8-17(22-2)9-7-16/h6-9,15,21H,3-5,10-14H2,1-2H3. The third-order valence-electron chi connectivity index (χ3n) is 4.77. The molecule has 0 radical (unpaired) electrons. The highest BCUT2D eigenvalue weighted by Crippen LogP contribution is 2.40. The molecule has 1 aliphatic rings. The summed E-state index contributed by atoms with van der Waals surface area (Å²) in [4.78, 5) is 12.1. The molecule has 0 aromatic heterocycles. The zero-order chi connectivity index (χ0) is 16.7. The quantitative estimate of drug-likeness (QED) is 0.613. The van der Waals surface area contributed by atoms with Gasteiger partial charge in [-0.3, -0.25) is 4.79 Å². The summed E-state index contributed by atoms with van der Waals surface area (Å²) in [6.07, 6.45) is 5.68. The van der Waals surface area contributed by atoms with E-state index in [9.17, 15) is 9.90 Å². The predicted molar refractivity (Wildman–Crippen MR) is 89.3 cm³/mol. The summed E-state index contributed by atoms with van der Waals surface area (Å²) in [6, 6.07) is 7.53. The van der Waals surface area contributed by atoms with Crippen LogP contribution in [0.5, 0.6) is 5.75 Å². The van der Waals surface area contributed by atoms with Gasteiger partial charge >= 0.3 is 5.97 Å². The van der Waals surface area contributed by atoms with Crippen molar-refractivity contribution in [3.05, 3.63) is 29.8 Å². The Morgan fingerprint density at radius 3 is 2.43 bits per heavy atom. The number of ether oxygens (including phenoxy) is 2. The molecule has 128 valence electrons. The summed E-state index contributed by atoms with van der Waals surface area (Å²) in [5.41, 5.74) is 0.0544. The van der Waals surface area contributed by atoms with Crippen LogP contribution < -0.4 is 4.74 Å². The number of carbonyl (C=O) groups is 1. The summed E-state index contributed by atoms with van der Waals surface area (Å²) < 4.78 is 10.5. The number of benzene rings is 1. The molecule has 0 spiro atoms. The van der Waals surface area contributed by atoms with Crippen LogP contribution in [0.1, 0.15) is 57.4 Å². The monoisotopic (exact) mass is 320 g/mol. The molecule has 1 aromatic rings. The Kier molecular flexibility index (Phi) is 6.46. The van der Waals surface area contributed by atoms with Crippen LogP contribution in [-0.4, -0.2) is 24.8 Å². The van der Waals surface area contributed by atoms with Crippen molar-refractivity contribution < 1.29 is 19.4 Å². The van der Waals surface area contributed by atoms with E-state index in [0.717, 1.165) is 30.6 Å². The van der Waals surface area contributed by atoms with Crippen molar-refractivity contribution in [3.8, 4) is 5.75 Å². The fourth-order valence-corrected chi connectivity index (χ4v) is 3.16. The van der Waals surface area contributed by atoms with Crippen LogP contribution in [0.3, 0.4) is 0 Å². The zero-order valence-electron chi connectivity index (χ0n) is 14.2. The van der Waals surface area contributed by atoms with Gasteiger partial charge in [-0.05, 0) is 49.8 Å². The molecule has 1 aromatic carbocycles. The highest BCUT2D eigenvalue weighted by molar-refractivity contribution is 5.72. The lowest BCUT2D eigenvalue weighted by Crippen LogP contribution is -2.34. The minimum atomic E-state index is -0.842. The second-order valence-corrected chi connectivity index (χ2v) is 6.41. The van der Waals surface area contributed by atoms with Crippen LogP contribution in [0.2, 0.25) is 0 Å². The van der Waals surface area contributed by atoms with Crippen molar-refractivity contribution in [3.63, 3.8) is 0 Å². The van der Waals surface area contributed by atoms with Gasteiger partial charge in [-0.1, -0.05) is 31.9 Å². The van der Waals surface area contributed by atoms with Gasteiger partial charge in [-0.2, -0.15) is 0 Å². The Balaban J connectivity index is 1.85. The van der Waals surface area contributed by atoms with Gasteiger partial charge in [0.1, 0.15) is 5.75 Å². The number of esters is 1. The predicted octanol–water partition coefficient (Wildman–Crippen LogP) is 3.81. The Hall–Kier alpha value is -1.55. The van der Waals surface area contributed by atoms with Gasteiger partial charge in [-0.15, -0.1) is 0 Å². The topological polar surface area (TPSA) is 55.8 Å². The minimum absolute atomic E-state index is 0.0739. The van der Waals surface area contributed by atoms with Crippen molar-refractivity contribution in [2.24, 2.45) is 5.92 Å². The van der Waals surface area contributed by atoms with Crippen molar-refractivity contribution in [1.82, 2.24) is 0 Å². The first-order chi connectivity index (χ1) is 11.1. The summed E-state index contributed by atoms with van der Waals surface area (Å²) >= 11 is 0. The van der Waals surface area contributed by atoms with Gasteiger partial charge in [0.15, 0.2) is 0 Å². The molecule has 23 heavy (non-hydrogen) atoms. The molecule has 0 saturated heterocycles. The van der Waals surface area contributed by atoms with Gasteiger partial charge in [0.2, 0.25) is 0 Å². The lowest BCUT2D eigenvalue weighted by atomic mass is 9.75. The van der Waals surface area contributed by atoms with E-state index in [-0.39, 0.29) is 11.9 Å². The highest BCUT2D eigenvalue weighted by atomic mass is 16.5. The molecule has 0 aliphatic heterocycles. The van der Waals surface area contributed by atoms with Crippen molar-refractivity contribution in [2.75, 3.05) is 13.7 Å². The van der Waals surface area contributed by atoms with Crippen LogP contribution in [0, 0.1) is 5.92 Å². The number of aliphatic hydroxyl groups is 1. The molecule has 1 aliphatic carbocycles. The lowest BCUT2D eigenvalue weighted by Gasteiger charge is -2.35. The van der Waals surface area contributed by atoms with Crippen molar-refractivity contribution in [1.29, 1.82) is 0 Å². The Bertz CT molecular complexity index is 487. The maximum absolute atomic E-state index is 12.1. The van der Waals surface area contributed by atoms with Crippen molar-refractivity contribution in [2.45, 2.75) is 57.5 Å². The fraction of sp³-hybridized carbons (Fsp3) is 0.632. The summed E-state index contributed by atoms with van der Waals surface area (Å²) in [5.74, 6) is 0.606. The summed E-state index contributed by atoms with van der Waals surface area (Å²) in [6.45, 7) is 2.65. The molecule has 0 atom stereocenters. The SMILES string of the molecule is CCCCCOC(=O)C1CCC(O)(c2ccc(OC)cc2)CC1. The van der Waals surface area contributed by atoms with Gasteiger partial charge in [-0.25, -0.2) is 0 Å². The molecule has 4 nitrogen and oxygen atoms in total. The number of methoxy groups -OCH3 is 1. The first-order valence-corrected chi connectivity index (χ1v) is 8.62. The molecule has 2 rings (SSSR count). The smallest absolute Gasteiger partial charge is 0.308 e. The van der Waals surface area contributed by atoms with E-state index in [1.807, 2.05) is 24.3 Å². The number of hydrogen-bond acceptors (Lipinski definition) is 4. The first kappa shape index (κ1) is 17.8. The van der Waals surface area contributed by atoms with E-state index in [4.69, 9.17) is 9.47 Å². The molecule has 1 N–H and O–H groups in total. The normalized spacial score (nSPS) is 24.2. The van der Waals surface area contributed by atoms with E-state index in [1.165, 1.54) is 0 Å². The van der Waals surface area contributed by atoms with E-state index in [2.05, 4.69) is 6.92 Å². The third-order valence-corrected chi connectivity index (χ3v) is 4.77. The van der Waals surface area contributed by atoms with E-state index < -0.39 is 5.60 Å². The Morgan fingerprint density at radius 2 is 1.87 bits per heavy atom. The summed E-state index contributed by atoms with van der Waals surface area (Å²) in [5, 5.41) is 10.9. The van der Waals surface area contributed by atoms with Gasteiger partial charge in [0, 0.05) is 0 Å². The molecule has 1 fully saturated rings. The zero-order valence-corrected chi connectivity index (χ0v) is 14.2. The summed E-state index contributed by atoms with van der Waals surface area (Å²) in [7, 11) is 1.63. The lowest BCUT2D eigenvalue weighted by molar-refractivity contribution is -0.152. The number of carbonyl (C=O) groups excluding carboxylic acids is 1. The maximum Gasteiger partial charge on any atom is 0.308 e.